The highest BCUT2D eigenvalue weighted by atomic mass is 35.5. The molecule has 0 atom stereocenters. The Morgan fingerprint density at radius 1 is 0.871 bits per heavy atom. The van der Waals surface area contributed by atoms with E-state index in [9.17, 15) is 13.2 Å². The Bertz CT molecular complexity index is 1210. The number of nitrogens with one attached hydrogen (secondary N) is 1. The zero-order valence-corrected chi connectivity index (χ0v) is 19.9. The van der Waals surface area contributed by atoms with Crippen molar-refractivity contribution < 1.29 is 13.2 Å². The van der Waals surface area contributed by atoms with E-state index in [1.807, 2.05) is 0 Å². The van der Waals surface area contributed by atoms with Gasteiger partial charge < -0.3 is 5.32 Å². The van der Waals surface area contributed by atoms with Crippen molar-refractivity contribution >= 4 is 73.7 Å². The monoisotopic (exact) mass is 516 g/mol. The van der Waals surface area contributed by atoms with Gasteiger partial charge in [-0.15, -0.1) is 0 Å². The van der Waals surface area contributed by atoms with Crippen molar-refractivity contribution in [1.29, 1.82) is 0 Å². The molecule has 0 aliphatic rings. The third-order valence-corrected chi connectivity index (χ3v) is 6.95. The first kappa shape index (κ1) is 23.7. The highest BCUT2D eigenvalue weighted by Gasteiger charge is 2.21. The maximum atomic E-state index is 12.5. The van der Waals surface area contributed by atoms with E-state index in [4.69, 9.17) is 46.4 Å². The van der Waals surface area contributed by atoms with Crippen LogP contribution in [0.2, 0.25) is 20.1 Å². The standard InChI is InChI=1S/C21H16Cl4N2O3S/c1-31(29,30)27(12-16-17(22)3-2-4-18(16)23)15-8-5-13(6-9-15)21(28)26-14-7-10-19(24)20(25)11-14/h2-11H,12H2,1H3,(H,26,28). The van der Waals surface area contributed by atoms with Gasteiger partial charge in [0.15, 0.2) is 0 Å². The van der Waals surface area contributed by atoms with Crippen LogP contribution in [-0.4, -0.2) is 20.6 Å². The van der Waals surface area contributed by atoms with E-state index in [2.05, 4.69) is 5.32 Å². The molecule has 3 aromatic rings. The van der Waals surface area contributed by atoms with E-state index in [1.165, 1.54) is 34.6 Å². The van der Waals surface area contributed by atoms with Gasteiger partial charge in [-0.3, -0.25) is 9.10 Å². The van der Waals surface area contributed by atoms with Crippen LogP contribution < -0.4 is 9.62 Å². The number of carbonyl (C=O) groups is 1. The quantitative estimate of drug-likeness (QED) is 0.404. The molecule has 0 unspecified atom stereocenters. The summed E-state index contributed by atoms with van der Waals surface area (Å²) < 4.78 is 26.0. The van der Waals surface area contributed by atoms with Crippen molar-refractivity contribution in [2.24, 2.45) is 0 Å². The number of hydrogen-bond acceptors (Lipinski definition) is 3. The molecule has 1 N–H and O–H groups in total. The van der Waals surface area contributed by atoms with Gasteiger partial charge >= 0.3 is 0 Å². The number of nitrogens with zero attached hydrogens (tertiary/aromatic N) is 1. The predicted octanol–water partition coefficient (Wildman–Crippen LogP) is 6.52. The lowest BCUT2D eigenvalue weighted by atomic mass is 10.1. The zero-order chi connectivity index (χ0) is 22.8. The number of hydrogen-bond donors (Lipinski definition) is 1. The van der Waals surface area contributed by atoms with Gasteiger partial charge in [0.1, 0.15) is 0 Å². The van der Waals surface area contributed by atoms with Crippen LogP contribution in [0.5, 0.6) is 0 Å². The minimum atomic E-state index is -3.65. The first-order valence-corrected chi connectivity index (χ1v) is 12.2. The number of benzene rings is 3. The maximum Gasteiger partial charge on any atom is 0.255 e. The lowest BCUT2D eigenvalue weighted by molar-refractivity contribution is 0.102. The molecule has 0 aliphatic carbocycles. The fourth-order valence-corrected chi connectivity index (χ4v) is 4.47. The summed E-state index contributed by atoms with van der Waals surface area (Å²) in [5.74, 6) is -0.384. The van der Waals surface area contributed by atoms with Crippen LogP contribution in [0, 0.1) is 0 Å². The van der Waals surface area contributed by atoms with E-state index in [-0.39, 0.29) is 12.5 Å². The van der Waals surface area contributed by atoms with E-state index >= 15 is 0 Å². The molecule has 0 saturated heterocycles. The second-order valence-corrected chi connectivity index (χ2v) is 10.1. The van der Waals surface area contributed by atoms with E-state index in [1.54, 1.807) is 30.3 Å². The molecule has 0 fully saturated rings. The molecule has 162 valence electrons. The number of carbonyl (C=O) groups excluding carboxylic acids is 1. The Morgan fingerprint density at radius 2 is 1.48 bits per heavy atom. The summed E-state index contributed by atoms with van der Waals surface area (Å²) in [5.41, 5.74) is 1.66. The fourth-order valence-electron chi connectivity index (χ4n) is 2.78. The summed E-state index contributed by atoms with van der Waals surface area (Å²) in [7, 11) is -3.65. The molecule has 0 aromatic heterocycles. The topological polar surface area (TPSA) is 66.5 Å². The Labute approximate surface area is 200 Å². The molecule has 0 bridgehead atoms. The Balaban J connectivity index is 1.84. The lowest BCUT2D eigenvalue weighted by Gasteiger charge is -2.23. The van der Waals surface area contributed by atoms with Gasteiger partial charge in [0.25, 0.3) is 5.91 Å². The first-order valence-electron chi connectivity index (χ1n) is 8.83. The van der Waals surface area contributed by atoms with Gasteiger partial charge in [0, 0.05) is 26.9 Å². The summed E-state index contributed by atoms with van der Waals surface area (Å²) in [6.07, 6.45) is 1.09. The summed E-state index contributed by atoms with van der Waals surface area (Å²) in [6.45, 7) is -0.0494. The van der Waals surface area contributed by atoms with Crippen LogP contribution in [0.4, 0.5) is 11.4 Å². The molecule has 10 heteroatoms. The van der Waals surface area contributed by atoms with Gasteiger partial charge in [-0.05, 0) is 54.6 Å². The van der Waals surface area contributed by atoms with Crippen molar-refractivity contribution in [2.45, 2.75) is 6.54 Å². The number of halogens is 4. The largest absolute Gasteiger partial charge is 0.322 e. The van der Waals surface area contributed by atoms with Crippen LogP contribution in [0.1, 0.15) is 15.9 Å². The molecule has 1 amide bonds. The van der Waals surface area contributed by atoms with Crippen molar-refractivity contribution in [3.8, 4) is 0 Å². The Morgan fingerprint density at radius 3 is 2.03 bits per heavy atom. The van der Waals surface area contributed by atoms with Crippen molar-refractivity contribution in [1.82, 2.24) is 0 Å². The molecule has 3 aromatic carbocycles. The summed E-state index contributed by atoms with van der Waals surface area (Å²) in [4.78, 5) is 12.5. The lowest BCUT2D eigenvalue weighted by Crippen LogP contribution is -2.29. The number of anilines is 2. The summed E-state index contributed by atoms with van der Waals surface area (Å²) >= 11 is 24.2. The van der Waals surface area contributed by atoms with Crippen molar-refractivity contribution in [3.05, 3.63) is 91.9 Å². The molecule has 0 saturated carbocycles. The average molecular weight is 518 g/mol. The highest BCUT2D eigenvalue weighted by molar-refractivity contribution is 7.92. The molecule has 0 radical (unpaired) electrons. The SMILES string of the molecule is CS(=O)(=O)N(Cc1c(Cl)cccc1Cl)c1ccc(C(=O)Nc2ccc(Cl)c(Cl)c2)cc1. The maximum absolute atomic E-state index is 12.5. The third-order valence-electron chi connectivity index (χ3n) is 4.36. The molecule has 0 aliphatic heterocycles. The van der Waals surface area contributed by atoms with Gasteiger partial charge in [-0.25, -0.2) is 8.42 Å². The van der Waals surface area contributed by atoms with Gasteiger partial charge in [-0.1, -0.05) is 52.5 Å². The van der Waals surface area contributed by atoms with Crippen molar-refractivity contribution in [2.75, 3.05) is 15.9 Å². The summed E-state index contributed by atoms with van der Waals surface area (Å²) in [6, 6.07) is 15.8. The van der Waals surface area contributed by atoms with Crippen LogP contribution in [0.25, 0.3) is 0 Å². The van der Waals surface area contributed by atoms with Gasteiger partial charge in [0.05, 0.1) is 28.5 Å². The van der Waals surface area contributed by atoms with Crippen LogP contribution in [0.15, 0.2) is 60.7 Å². The van der Waals surface area contributed by atoms with Gasteiger partial charge in [0.2, 0.25) is 10.0 Å². The van der Waals surface area contributed by atoms with Crippen LogP contribution >= 0.6 is 46.4 Å². The molecular weight excluding hydrogens is 502 g/mol. The van der Waals surface area contributed by atoms with Crippen LogP contribution in [-0.2, 0) is 16.6 Å². The minimum absolute atomic E-state index is 0.0494. The van der Waals surface area contributed by atoms with E-state index < -0.39 is 10.0 Å². The molecule has 5 nitrogen and oxygen atoms in total. The number of amides is 1. The molecular formula is C21H16Cl4N2O3S. The third kappa shape index (κ3) is 5.84. The molecule has 0 spiro atoms. The van der Waals surface area contributed by atoms with Crippen LogP contribution in [0.3, 0.4) is 0 Å². The predicted molar refractivity (Wildman–Crippen MR) is 128 cm³/mol. The molecule has 0 heterocycles. The second-order valence-electron chi connectivity index (χ2n) is 6.60. The van der Waals surface area contributed by atoms with E-state index in [0.717, 1.165) is 6.26 Å². The average Bonchev–Trinajstić information content (AvgIpc) is 2.70. The number of rotatable bonds is 6. The highest BCUT2D eigenvalue weighted by Crippen LogP contribution is 2.30. The second kappa shape index (κ2) is 9.67. The normalized spacial score (nSPS) is 11.3. The minimum Gasteiger partial charge on any atom is -0.322 e. The zero-order valence-electron chi connectivity index (χ0n) is 16.1. The fraction of sp³-hybridized carbons (Fsp3) is 0.0952. The van der Waals surface area contributed by atoms with E-state index in [0.29, 0.717) is 42.6 Å². The van der Waals surface area contributed by atoms with Crippen molar-refractivity contribution in [3.63, 3.8) is 0 Å². The summed E-state index contributed by atoms with van der Waals surface area (Å²) in [5, 5.41) is 4.13. The number of sulfonamides is 1. The molecule has 3 rings (SSSR count). The first-order chi connectivity index (χ1) is 14.6. The smallest absolute Gasteiger partial charge is 0.255 e. The Hall–Kier alpha value is -1.96. The Kier molecular flexibility index (Phi) is 7.39. The van der Waals surface area contributed by atoms with Gasteiger partial charge in [-0.2, -0.15) is 0 Å². The molecule has 31 heavy (non-hydrogen) atoms.